The molecule has 0 aliphatic carbocycles. The van der Waals surface area contributed by atoms with Crippen LogP contribution < -0.4 is 10.6 Å². The highest BCUT2D eigenvalue weighted by atomic mass is 19.4. The summed E-state index contributed by atoms with van der Waals surface area (Å²) < 4.78 is 49.0. The monoisotopic (exact) mass is 422 g/mol. The van der Waals surface area contributed by atoms with E-state index in [0.717, 1.165) is 10.4 Å². The lowest BCUT2D eigenvalue weighted by Crippen LogP contribution is -2.35. The number of nitrogens with zero attached hydrogens (tertiary/aromatic N) is 4. The zero-order valence-electron chi connectivity index (χ0n) is 16.6. The first-order valence-corrected chi connectivity index (χ1v) is 9.50. The first kappa shape index (κ1) is 20.0. The van der Waals surface area contributed by atoms with Crippen molar-refractivity contribution < 1.29 is 22.4 Å². The lowest BCUT2D eigenvalue weighted by atomic mass is 10.0. The highest BCUT2D eigenvalue weighted by Gasteiger charge is 2.47. The molecule has 2 atom stereocenters. The number of furan rings is 1. The van der Waals surface area contributed by atoms with Crippen molar-refractivity contribution in [2.75, 3.05) is 10.6 Å². The largest absolute Gasteiger partial charge is 0.467 e. The molecule has 1 aliphatic heterocycles. The van der Waals surface area contributed by atoms with E-state index in [0.29, 0.717) is 23.7 Å². The molecule has 0 spiro atoms. The Morgan fingerprint density at radius 3 is 2.73 bits per heavy atom. The zero-order valence-corrected chi connectivity index (χ0v) is 16.6. The summed E-state index contributed by atoms with van der Waals surface area (Å²) in [6.07, 6.45) is -3.42. The number of hydrogen-bond acceptors (Lipinski definition) is 5. The van der Waals surface area contributed by atoms with Gasteiger partial charge in [0, 0.05) is 19.0 Å². The minimum absolute atomic E-state index is 0.104. The predicted octanol–water partition coefficient (Wildman–Crippen LogP) is 4.22. The third-order valence-corrected chi connectivity index (χ3v) is 5.23. The average molecular weight is 422 g/mol. The maximum absolute atomic E-state index is 13.7. The Bertz CT molecular complexity index is 1070. The second-order valence-corrected chi connectivity index (χ2v) is 7.18. The fraction of sp³-hybridized carbons (Fsp3) is 0.421. The SMILES string of the molecule is CCn1nc(C)c(NC(=O)c2cc3n(n2)[C@H](C(F)(F)F)C[C@@H](c2ccco2)N3)c1C. The molecule has 160 valence electrons. The van der Waals surface area contributed by atoms with Gasteiger partial charge in [-0.1, -0.05) is 0 Å². The average Bonchev–Trinajstić information content (AvgIpc) is 3.41. The van der Waals surface area contributed by atoms with Gasteiger partial charge in [-0.2, -0.15) is 23.4 Å². The van der Waals surface area contributed by atoms with Crippen molar-refractivity contribution in [2.24, 2.45) is 0 Å². The maximum Gasteiger partial charge on any atom is 0.410 e. The van der Waals surface area contributed by atoms with Crippen LogP contribution in [0, 0.1) is 13.8 Å². The predicted molar refractivity (Wildman–Crippen MR) is 102 cm³/mol. The molecular formula is C19H21F3N6O2. The van der Waals surface area contributed by atoms with Crippen molar-refractivity contribution in [3.8, 4) is 0 Å². The fourth-order valence-corrected chi connectivity index (χ4v) is 3.72. The van der Waals surface area contributed by atoms with Crippen LogP contribution in [0.25, 0.3) is 0 Å². The lowest BCUT2D eigenvalue weighted by Gasteiger charge is -2.32. The van der Waals surface area contributed by atoms with Gasteiger partial charge in [0.1, 0.15) is 11.6 Å². The highest BCUT2D eigenvalue weighted by Crippen LogP contribution is 2.43. The van der Waals surface area contributed by atoms with E-state index < -0.39 is 24.2 Å². The van der Waals surface area contributed by atoms with Crippen molar-refractivity contribution in [2.45, 2.75) is 52.0 Å². The van der Waals surface area contributed by atoms with Crippen molar-refractivity contribution in [1.29, 1.82) is 0 Å². The molecule has 3 aromatic rings. The molecule has 0 bridgehead atoms. The Balaban J connectivity index is 1.65. The molecule has 0 radical (unpaired) electrons. The number of carbonyl (C=O) groups is 1. The summed E-state index contributed by atoms with van der Waals surface area (Å²) in [6.45, 7) is 6.12. The number of alkyl halides is 3. The molecular weight excluding hydrogens is 401 g/mol. The number of rotatable bonds is 4. The molecule has 1 aliphatic rings. The minimum atomic E-state index is -4.53. The van der Waals surface area contributed by atoms with E-state index in [1.165, 1.54) is 12.3 Å². The molecule has 0 aromatic carbocycles. The molecule has 0 unspecified atom stereocenters. The molecule has 0 fully saturated rings. The van der Waals surface area contributed by atoms with Gasteiger partial charge in [-0.15, -0.1) is 0 Å². The van der Waals surface area contributed by atoms with E-state index in [9.17, 15) is 18.0 Å². The standard InChI is InChI=1S/C19H21F3N6O2/c1-4-27-11(3)17(10(2)25-27)24-18(29)13-9-16-23-12(14-6-5-7-30-14)8-15(19(20,21)22)28(16)26-13/h5-7,9,12,15,23H,4,8H2,1-3H3,(H,24,29)/t12-,15-/m0/s1. The summed E-state index contributed by atoms with van der Waals surface area (Å²) in [7, 11) is 0. The van der Waals surface area contributed by atoms with Crippen LogP contribution in [0.15, 0.2) is 28.9 Å². The molecule has 4 rings (SSSR count). The van der Waals surface area contributed by atoms with Gasteiger partial charge in [0.15, 0.2) is 11.7 Å². The van der Waals surface area contributed by atoms with E-state index in [1.54, 1.807) is 23.7 Å². The van der Waals surface area contributed by atoms with Gasteiger partial charge in [0.25, 0.3) is 5.91 Å². The van der Waals surface area contributed by atoms with Crippen molar-refractivity contribution in [3.63, 3.8) is 0 Å². The number of amides is 1. The van der Waals surface area contributed by atoms with Crippen molar-refractivity contribution >= 4 is 17.4 Å². The van der Waals surface area contributed by atoms with Crippen LogP contribution in [0.2, 0.25) is 0 Å². The zero-order chi connectivity index (χ0) is 21.6. The molecule has 8 nitrogen and oxygen atoms in total. The minimum Gasteiger partial charge on any atom is -0.467 e. The first-order valence-electron chi connectivity index (χ1n) is 9.50. The number of nitrogens with one attached hydrogen (secondary N) is 2. The van der Waals surface area contributed by atoms with Crippen molar-refractivity contribution in [3.05, 3.63) is 47.3 Å². The Morgan fingerprint density at radius 1 is 1.37 bits per heavy atom. The summed E-state index contributed by atoms with van der Waals surface area (Å²) in [5.74, 6) is -0.107. The number of aryl methyl sites for hydroxylation is 2. The summed E-state index contributed by atoms with van der Waals surface area (Å²) in [4.78, 5) is 12.7. The summed E-state index contributed by atoms with van der Waals surface area (Å²) in [5, 5.41) is 14.0. The summed E-state index contributed by atoms with van der Waals surface area (Å²) in [5.41, 5.74) is 1.80. The Labute approximate surface area is 170 Å². The van der Waals surface area contributed by atoms with E-state index in [2.05, 4.69) is 20.8 Å². The van der Waals surface area contributed by atoms with Crippen LogP contribution >= 0.6 is 0 Å². The number of hydrogen-bond donors (Lipinski definition) is 2. The van der Waals surface area contributed by atoms with E-state index in [-0.39, 0.29) is 17.9 Å². The van der Waals surface area contributed by atoms with Crippen LogP contribution in [0.1, 0.15) is 53.1 Å². The third-order valence-electron chi connectivity index (χ3n) is 5.23. The van der Waals surface area contributed by atoms with Gasteiger partial charge in [-0.25, -0.2) is 4.68 Å². The van der Waals surface area contributed by atoms with Gasteiger partial charge in [-0.05, 0) is 32.9 Å². The molecule has 4 heterocycles. The number of carbonyl (C=O) groups excluding carboxylic acids is 1. The van der Waals surface area contributed by atoms with Gasteiger partial charge >= 0.3 is 6.18 Å². The molecule has 1 amide bonds. The van der Waals surface area contributed by atoms with Gasteiger partial charge < -0.3 is 15.1 Å². The van der Waals surface area contributed by atoms with Gasteiger partial charge in [-0.3, -0.25) is 9.48 Å². The normalized spacial score (nSPS) is 18.7. The Morgan fingerprint density at radius 2 is 2.13 bits per heavy atom. The summed E-state index contributed by atoms with van der Waals surface area (Å²) in [6, 6.07) is 1.99. The topological polar surface area (TPSA) is 89.9 Å². The molecule has 30 heavy (non-hydrogen) atoms. The molecule has 0 saturated carbocycles. The molecule has 3 aromatic heterocycles. The molecule has 11 heteroatoms. The fourth-order valence-electron chi connectivity index (χ4n) is 3.72. The van der Waals surface area contributed by atoms with Gasteiger partial charge in [0.2, 0.25) is 0 Å². The molecule has 0 saturated heterocycles. The third kappa shape index (κ3) is 3.44. The smallest absolute Gasteiger partial charge is 0.410 e. The molecule has 2 N–H and O–H groups in total. The van der Waals surface area contributed by atoms with Crippen LogP contribution in [0.3, 0.4) is 0 Å². The number of fused-ring (bicyclic) bond motifs is 1. The lowest BCUT2D eigenvalue weighted by molar-refractivity contribution is -0.174. The Kier molecular flexibility index (Phi) is 4.83. The second-order valence-electron chi connectivity index (χ2n) is 7.18. The quantitative estimate of drug-likeness (QED) is 0.657. The number of halogens is 3. The number of aromatic nitrogens is 4. The first-order chi connectivity index (χ1) is 14.2. The van der Waals surface area contributed by atoms with E-state index >= 15 is 0 Å². The highest BCUT2D eigenvalue weighted by molar-refractivity contribution is 6.04. The maximum atomic E-state index is 13.7. The summed E-state index contributed by atoms with van der Waals surface area (Å²) >= 11 is 0. The second kappa shape index (κ2) is 7.22. The van der Waals surface area contributed by atoms with Crippen LogP contribution in [-0.2, 0) is 6.54 Å². The van der Waals surface area contributed by atoms with Crippen molar-refractivity contribution in [1.82, 2.24) is 19.6 Å². The number of anilines is 2. The van der Waals surface area contributed by atoms with Crippen LogP contribution in [0.4, 0.5) is 24.7 Å². The Hall–Kier alpha value is -3.24. The van der Waals surface area contributed by atoms with Crippen LogP contribution in [-0.4, -0.2) is 31.6 Å². The van der Waals surface area contributed by atoms with Crippen LogP contribution in [0.5, 0.6) is 0 Å². The van der Waals surface area contributed by atoms with Gasteiger partial charge in [0.05, 0.1) is 29.4 Å². The van der Waals surface area contributed by atoms with E-state index in [4.69, 9.17) is 4.42 Å². The van der Waals surface area contributed by atoms with E-state index in [1.807, 2.05) is 13.8 Å².